The van der Waals surface area contributed by atoms with Gasteiger partial charge in [-0.15, -0.1) is 0 Å². The zero-order chi connectivity index (χ0) is 21.6. The lowest BCUT2D eigenvalue weighted by molar-refractivity contribution is -0.137. The molecular weight excluding hydrogens is 393 g/mol. The van der Waals surface area contributed by atoms with Crippen molar-refractivity contribution in [3.63, 3.8) is 0 Å². The third kappa shape index (κ3) is 5.53. The number of alkyl halides is 3. The molecule has 0 spiro atoms. The molecule has 1 N–H and O–H groups in total. The Bertz CT molecular complexity index is 1030. The van der Waals surface area contributed by atoms with Gasteiger partial charge in [-0.3, -0.25) is 5.43 Å². The van der Waals surface area contributed by atoms with E-state index in [1.807, 2.05) is 31.2 Å². The molecule has 7 heteroatoms. The van der Waals surface area contributed by atoms with E-state index in [4.69, 9.17) is 9.47 Å². The lowest BCUT2D eigenvalue weighted by atomic mass is 10.1. The van der Waals surface area contributed by atoms with Gasteiger partial charge in [0.25, 0.3) is 0 Å². The molecule has 3 aromatic rings. The maximum Gasteiger partial charge on any atom is 0.416 e. The average Bonchev–Trinajstić information content (AvgIpc) is 2.72. The van der Waals surface area contributed by atoms with Crippen LogP contribution in [0.4, 0.5) is 18.9 Å². The van der Waals surface area contributed by atoms with Crippen LogP contribution in [0.15, 0.2) is 71.8 Å². The van der Waals surface area contributed by atoms with Crippen LogP contribution < -0.4 is 14.9 Å². The number of hydrogen-bond donors (Lipinski definition) is 1. The molecule has 0 unspecified atom stereocenters. The third-order valence-corrected chi connectivity index (χ3v) is 4.28. The van der Waals surface area contributed by atoms with Crippen molar-refractivity contribution in [2.45, 2.75) is 19.7 Å². The Morgan fingerprint density at radius 3 is 2.50 bits per heavy atom. The van der Waals surface area contributed by atoms with Crippen molar-refractivity contribution in [1.29, 1.82) is 0 Å². The van der Waals surface area contributed by atoms with Crippen molar-refractivity contribution >= 4 is 11.9 Å². The first-order valence-corrected chi connectivity index (χ1v) is 9.18. The second-order valence-corrected chi connectivity index (χ2v) is 6.60. The van der Waals surface area contributed by atoms with Crippen LogP contribution in [0.25, 0.3) is 0 Å². The van der Waals surface area contributed by atoms with Gasteiger partial charge in [0.1, 0.15) is 6.61 Å². The highest BCUT2D eigenvalue weighted by Crippen LogP contribution is 2.32. The molecule has 0 aliphatic carbocycles. The molecule has 30 heavy (non-hydrogen) atoms. The molecule has 0 saturated carbocycles. The van der Waals surface area contributed by atoms with Crippen LogP contribution in [-0.2, 0) is 12.8 Å². The van der Waals surface area contributed by atoms with Gasteiger partial charge in [-0.05, 0) is 42.8 Å². The van der Waals surface area contributed by atoms with E-state index in [1.165, 1.54) is 25.5 Å². The predicted molar refractivity (Wildman–Crippen MR) is 111 cm³/mol. The number of halogens is 3. The molecule has 0 amide bonds. The fraction of sp³-hybridized carbons (Fsp3) is 0.174. The van der Waals surface area contributed by atoms with E-state index in [0.29, 0.717) is 23.7 Å². The van der Waals surface area contributed by atoms with Crippen molar-refractivity contribution in [3.05, 3.63) is 89.0 Å². The minimum atomic E-state index is -4.41. The van der Waals surface area contributed by atoms with Gasteiger partial charge in [-0.25, -0.2) is 0 Å². The van der Waals surface area contributed by atoms with Crippen LogP contribution >= 0.6 is 0 Å². The molecule has 0 bridgehead atoms. The summed E-state index contributed by atoms with van der Waals surface area (Å²) in [5.74, 6) is 1.03. The summed E-state index contributed by atoms with van der Waals surface area (Å²) in [6.07, 6.45) is -2.93. The summed E-state index contributed by atoms with van der Waals surface area (Å²) in [7, 11) is 1.54. The van der Waals surface area contributed by atoms with E-state index in [2.05, 4.69) is 10.5 Å². The summed E-state index contributed by atoms with van der Waals surface area (Å²) in [6, 6.07) is 18.1. The highest BCUT2D eigenvalue weighted by molar-refractivity contribution is 5.85. The molecule has 0 aliphatic rings. The minimum Gasteiger partial charge on any atom is -0.493 e. The van der Waals surface area contributed by atoms with Crippen LogP contribution in [0.1, 0.15) is 22.3 Å². The van der Waals surface area contributed by atoms with Crippen LogP contribution in [0.3, 0.4) is 0 Å². The Morgan fingerprint density at radius 2 is 1.77 bits per heavy atom. The molecular formula is C23H21F3N2O2. The third-order valence-electron chi connectivity index (χ3n) is 4.28. The Labute approximate surface area is 173 Å². The Kier molecular flexibility index (Phi) is 6.61. The normalized spacial score (nSPS) is 11.5. The molecule has 0 saturated heterocycles. The lowest BCUT2D eigenvalue weighted by Crippen LogP contribution is -2.05. The standard InChI is InChI=1S/C23H21F3N2O2/c1-16-6-3-7-17(12-16)15-30-22-18(8-4-11-21(22)29-2)14-27-28-20-10-5-9-19(13-20)23(24,25)26/h3-14,28H,15H2,1-2H3. The van der Waals surface area contributed by atoms with Crippen molar-refractivity contribution in [2.24, 2.45) is 5.10 Å². The number of hydrogen-bond acceptors (Lipinski definition) is 4. The van der Waals surface area contributed by atoms with Crippen LogP contribution in [0, 0.1) is 6.92 Å². The van der Waals surface area contributed by atoms with Gasteiger partial charge in [0, 0.05) is 5.56 Å². The monoisotopic (exact) mass is 414 g/mol. The number of nitrogens with one attached hydrogen (secondary N) is 1. The Hall–Kier alpha value is -3.48. The largest absolute Gasteiger partial charge is 0.493 e. The van der Waals surface area contributed by atoms with E-state index < -0.39 is 11.7 Å². The van der Waals surface area contributed by atoms with Gasteiger partial charge in [-0.1, -0.05) is 42.0 Å². The van der Waals surface area contributed by atoms with E-state index in [9.17, 15) is 13.2 Å². The molecule has 0 aromatic heterocycles. The van der Waals surface area contributed by atoms with Crippen LogP contribution in [-0.4, -0.2) is 13.3 Å². The van der Waals surface area contributed by atoms with Gasteiger partial charge in [0.2, 0.25) is 0 Å². The minimum absolute atomic E-state index is 0.228. The molecule has 4 nitrogen and oxygen atoms in total. The number of rotatable bonds is 7. The molecule has 3 rings (SSSR count). The van der Waals surface area contributed by atoms with Gasteiger partial charge in [0.15, 0.2) is 11.5 Å². The number of anilines is 1. The fourth-order valence-electron chi connectivity index (χ4n) is 2.85. The lowest BCUT2D eigenvalue weighted by Gasteiger charge is -2.13. The molecule has 0 atom stereocenters. The quantitative estimate of drug-likeness (QED) is 0.378. The first kappa shape index (κ1) is 21.2. The van der Waals surface area contributed by atoms with Crippen LogP contribution in [0.5, 0.6) is 11.5 Å². The van der Waals surface area contributed by atoms with Crippen molar-refractivity contribution in [3.8, 4) is 11.5 Å². The number of nitrogens with zero attached hydrogens (tertiary/aromatic N) is 1. The molecule has 0 heterocycles. The number of methoxy groups -OCH3 is 1. The molecule has 0 fully saturated rings. The first-order chi connectivity index (χ1) is 14.4. The zero-order valence-electron chi connectivity index (χ0n) is 16.5. The maximum atomic E-state index is 12.8. The van der Waals surface area contributed by atoms with Crippen molar-refractivity contribution < 1.29 is 22.6 Å². The van der Waals surface area contributed by atoms with Gasteiger partial charge < -0.3 is 9.47 Å². The number of para-hydroxylation sites is 1. The summed E-state index contributed by atoms with van der Waals surface area (Å²) in [5.41, 5.74) is 4.87. The van der Waals surface area contributed by atoms with Gasteiger partial charge in [-0.2, -0.15) is 18.3 Å². The second-order valence-electron chi connectivity index (χ2n) is 6.60. The van der Waals surface area contributed by atoms with Crippen molar-refractivity contribution in [1.82, 2.24) is 0 Å². The number of aryl methyl sites for hydroxylation is 1. The summed E-state index contributed by atoms with van der Waals surface area (Å²) >= 11 is 0. The summed E-state index contributed by atoms with van der Waals surface area (Å²) in [4.78, 5) is 0. The molecule has 156 valence electrons. The van der Waals surface area contributed by atoms with E-state index in [0.717, 1.165) is 23.3 Å². The van der Waals surface area contributed by atoms with Gasteiger partial charge >= 0.3 is 6.18 Å². The highest BCUT2D eigenvalue weighted by atomic mass is 19.4. The fourth-order valence-corrected chi connectivity index (χ4v) is 2.85. The first-order valence-electron chi connectivity index (χ1n) is 9.18. The summed E-state index contributed by atoms with van der Waals surface area (Å²) in [5, 5.41) is 4.06. The molecule has 0 radical (unpaired) electrons. The Morgan fingerprint density at radius 1 is 1.00 bits per heavy atom. The second kappa shape index (κ2) is 9.35. The SMILES string of the molecule is COc1cccc(C=NNc2cccc(C(F)(F)F)c2)c1OCc1cccc(C)c1. The zero-order valence-corrected chi connectivity index (χ0v) is 16.5. The predicted octanol–water partition coefficient (Wildman–Crippen LogP) is 6.05. The smallest absolute Gasteiger partial charge is 0.416 e. The van der Waals surface area contributed by atoms with E-state index in [-0.39, 0.29) is 5.69 Å². The Balaban J connectivity index is 1.77. The molecule has 0 aliphatic heterocycles. The van der Waals surface area contributed by atoms with Gasteiger partial charge in [0.05, 0.1) is 24.6 Å². The van der Waals surface area contributed by atoms with E-state index in [1.54, 1.807) is 18.2 Å². The topological polar surface area (TPSA) is 42.8 Å². The average molecular weight is 414 g/mol. The summed E-state index contributed by atoms with van der Waals surface area (Å²) < 4.78 is 49.9. The molecule has 3 aromatic carbocycles. The number of ether oxygens (including phenoxy) is 2. The van der Waals surface area contributed by atoms with E-state index >= 15 is 0 Å². The highest BCUT2D eigenvalue weighted by Gasteiger charge is 2.30. The maximum absolute atomic E-state index is 12.8. The van der Waals surface area contributed by atoms with Crippen LogP contribution in [0.2, 0.25) is 0 Å². The number of benzene rings is 3. The number of hydrazone groups is 1. The van der Waals surface area contributed by atoms with Crippen molar-refractivity contribution in [2.75, 3.05) is 12.5 Å². The summed E-state index contributed by atoms with van der Waals surface area (Å²) in [6.45, 7) is 2.34.